The minimum atomic E-state index is -0.365. The van der Waals surface area contributed by atoms with Crippen LogP contribution in [0.25, 0.3) is 11.3 Å². The first-order chi connectivity index (χ1) is 15.9. The molecule has 2 atom stereocenters. The third-order valence-corrected chi connectivity index (χ3v) is 6.10. The highest BCUT2D eigenvalue weighted by molar-refractivity contribution is 6.01. The van der Waals surface area contributed by atoms with Gasteiger partial charge in [-0.3, -0.25) is 9.48 Å². The second kappa shape index (κ2) is 11.1. The molecular weight excluding hydrogens is 417 g/mol. The van der Waals surface area contributed by atoms with Crippen LogP contribution >= 0.6 is 0 Å². The van der Waals surface area contributed by atoms with Gasteiger partial charge in [0.1, 0.15) is 11.6 Å². The number of amides is 1. The number of piperidine rings is 1. The number of pyridine rings is 1. The number of likely N-dealkylation sites (tertiary alicyclic amines) is 1. The lowest BCUT2D eigenvalue weighted by molar-refractivity contribution is 0.0540. The Hall–Kier alpha value is -3.22. The Kier molecular flexibility index (Phi) is 8.20. The van der Waals surface area contributed by atoms with Gasteiger partial charge in [0.15, 0.2) is 0 Å². The number of anilines is 1. The summed E-state index contributed by atoms with van der Waals surface area (Å²) in [4.78, 5) is 19.9. The first kappa shape index (κ1) is 24.4. The summed E-state index contributed by atoms with van der Waals surface area (Å²) in [7, 11) is 1.88. The van der Waals surface area contributed by atoms with Gasteiger partial charge in [0.05, 0.1) is 17.9 Å². The normalized spacial score (nSPS) is 17.8. The van der Waals surface area contributed by atoms with Crippen molar-refractivity contribution < 1.29 is 9.18 Å². The van der Waals surface area contributed by atoms with Gasteiger partial charge in [-0.2, -0.15) is 5.10 Å². The van der Waals surface area contributed by atoms with E-state index >= 15 is 0 Å². The maximum absolute atomic E-state index is 13.8. The SMILES string of the molecule is CC.Cc1ccc(-c2ccnn2C)c(C(=O)N2CCC[C@@H](C)[C@H]2CNc2ccc(F)cn2)c1. The van der Waals surface area contributed by atoms with Crippen LogP contribution in [0.5, 0.6) is 0 Å². The van der Waals surface area contributed by atoms with Gasteiger partial charge < -0.3 is 10.2 Å². The monoisotopic (exact) mass is 451 g/mol. The number of benzene rings is 1. The van der Waals surface area contributed by atoms with Gasteiger partial charge in [-0.1, -0.05) is 38.5 Å². The molecule has 176 valence electrons. The minimum Gasteiger partial charge on any atom is -0.368 e. The lowest BCUT2D eigenvalue weighted by atomic mass is 9.89. The maximum atomic E-state index is 13.8. The van der Waals surface area contributed by atoms with Crippen molar-refractivity contribution in [3.05, 3.63) is 65.7 Å². The quantitative estimate of drug-likeness (QED) is 0.571. The molecule has 1 saturated heterocycles. The summed E-state index contributed by atoms with van der Waals surface area (Å²) < 4.78 is 15.0. The van der Waals surface area contributed by atoms with E-state index in [4.69, 9.17) is 0 Å². The number of hydrogen-bond acceptors (Lipinski definition) is 4. The van der Waals surface area contributed by atoms with Crippen molar-refractivity contribution >= 4 is 11.7 Å². The van der Waals surface area contributed by atoms with Gasteiger partial charge in [-0.05, 0) is 49.9 Å². The molecule has 33 heavy (non-hydrogen) atoms. The number of hydrogen-bond donors (Lipinski definition) is 1. The Bertz CT molecular complexity index is 1060. The third-order valence-electron chi connectivity index (χ3n) is 6.10. The highest BCUT2D eigenvalue weighted by Gasteiger charge is 2.33. The molecule has 2 aromatic heterocycles. The number of aryl methyl sites for hydroxylation is 2. The highest BCUT2D eigenvalue weighted by Crippen LogP contribution is 2.30. The van der Waals surface area contributed by atoms with Gasteiger partial charge in [0.2, 0.25) is 0 Å². The summed E-state index contributed by atoms with van der Waals surface area (Å²) in [6.07, 6.45) is 4.98. The van der Waals surface area contributed by atoms with E-state index in [9.17, 15) is 9.18 Å². The van der Waals surface area contributed by atoms with E-state index in [0.717, 1.165) is 29.7 Å². The zero-order valence-corrected chi connectivity index (χ0v) is 20.2. The van der Waals surface area contributed by atoms with Crippen LogP contribution in [0.4, 0.5) is 10.2 Å². The molecule has 4 rings (SSSR count). The molecule has 1 aliphatic heterocycles. The molecular formula is C26H34FN5O. The van der Waals surface area contributed by atoms with E-state index in [2.05, 4.69) is 22.3 Å². The van der Waals surface area contributed by atoms with Gasteiger partial charge in [-0.25, -0.2) is 9.37 Å². The Morgan fingerprint density at radius 2 is 2.00 bits per heavy atom. The zero-order chi connectivity index (χ0) is 24.0. The highest BCUT2D eigenvalue weighted by atomic mass is 19.1. The van der Waals surface area contributed by atoms with Crippen LogP contribution in [0.2, 0.25) is 0 Å². The molecule has 3 heterocycles. The molecule has 0 radical (unpaired) electrons. The summed E-state index contributed by atoms with van der Waals surface area (Å²) >= 11 is 0. The van der Waals surface area contributed by atoms with Crippen molar-refractivity contribution in [3.63, 3.8) is 0 Å². The first-order valence-electron chi connectivity index (χ1n) is 11.7. The van der Waals surface area contributed by atoms with Gasteiger partial charge >= 0.3 is 0 Å². The zero-order valence-electron chi connectivity index (χ0n) is 20.2. The molecule has 1 N–H and O–H groups in total. The van der Waals surface area contributed by atoms with Crippen molar-refractivity contribution in [1.29, 1.82) is 0 Å². The van der Waals surface area contributed by atoms with Crippen LogP contribution in [0.3, 0.4) is 0 Å². The summed E-state index contributed by atoms with van der Waals surface area (Å²) in [5, 5.41) is 7.56. The predicted molar refractivity (Wildman–Crippen MR) is 131 cm³/mol. The van der Waals surface area contributed by atoms with Crippen LogP contribution in [-0.4, -0.2) is 44.7 Å². The molecule has 3 aromatic rings. The number of aromatic nitrogens is 3. The molecule has 0 bridgehead atoms. The topological polar surface area (TPSA) is 63.1 Å². The molecule has 1 fully saturated rings. The van der Waals surface area contributed by atoms with Crippen LogP contribution in [0, 0.1) is 18.7 Å². The molecule has 1 aliphatic rings. The molecule has 1 amide bonds. The Labute approximate surface area is 195 Å². The largest absolute Gasteiger partial charge is 0.368 e. The van der Waals surface area contributed by atoms with E-state index in [1.807, 2.05) is 57.0 Å². The third kappa shape index (κ3) is 5.59. The number of nitrogens with zero attached hydrogens (tertiary/aromatic N) is 4. The lowest BCUT2D eigenvalue weighted by Gasteiger charge is -2.40. The average Bonchev–Trinajstić information content (AvgIpc) is 3.25. The number of rotatable bonds is 5. The van der Waals surface area contributed by atoms with Crippen molar-refractivity contribution in [2.45, 2.75) is 46.6 Å². The summed E-state index contributed by atoms with van der Waals surface area (Å²) in [5.41, 5.74) is 3.55. The Morgan fingerprint density at radius 3 is 2.67 bits per heavy atom. The molecule has 0 aliphatic carbocycles. The van der Waals surface area contributed by atoms with Gasteiger partial charge in [-0.15, -0.1) is 0 Å². The molecule has 0 unspecified atom stereocenters. The van der Waals surface area contributed by atoms with Crippen LogP contribution < -0.4 is 5.32 Å². The van der Waals surface area contributed by atoms with Crippen molar-refractivity contribution in [1.82, 2.24) is 19.7 Å². The van der Waals surface area contributed by atoms with E-state index in [1.54, 1.807) is 16.9 Å². The Morgan fingerprint density at radius 1 is 1.21 bits per heavy atom. The minimum absolute atomic E-state index is 0.0213. The van der Waals surface area contributed by atoms with Gasteiger partial charge in [0, 0.05) is 37.5 Å². The molecule has 0 spiro atoms. The van der Waals surface area contributed by atoms with Crippen LogP contribution in [0.15, 0.2) is 48.8 Å². The number of nitrogens with one attached hydrogen (secondary N) is 1. The van der Waals surface area contributed by atoms with E-state index in [-0.39, 0.29) is 17.8 Å². The predicted octanol–water partition coefficient (Wildman–Crippen LogP) is 5.31. The number of halogens is 1. The van der Waals surface area contributed by atoms with Gasteiger partial charge in [0.25, 0.3) is 5.91 Å². The smallest absolute Gasteiger partial charge is 0.254 e. The van der Waals surface area contributed by atoms with Crippen molar-refractivity contribution in [3.8, 4) is 11.3 Å². The van der Waals surface area contributed by atoms with E-state index in [0.29, 0.717) is 30.4 Å². The molecule has 1 aromatic carbocycles. The van der Waals surface area contributed by atoms with Crippen LogP contribution in [-0.2, 0) is 7.05 Å². The van der Waals surface area contributed by atoms with Crippen molar-refractivity contribution in [2.75, 3.05) is 18.4 Å². The van der Waals surface area contributed by atoms with Crippen molar-refractivity contribution in [2.24, 2.45) is 13.0 Å². The fourth-order valence-corrected chi connectivity index (χ4v) is 4.35. The van der Waals surface area contributed by atoms with Crippen LogP contribution in [0.1, 0.15) is 49.5 Å². The summed E-state index contributed by atoms with van der Waals surface area (Å²) in [5.74, 6) is 0.620. The average molecular weight is 452 g/mol. The number of carbonyl (C=O) groups is 1. The number of carbonyl (C=O) groups excluding carboxylic acids is 1. The Balaban J connectivity index is 0.00000149. The summed E-state index contributed by atoms with van der Waals surface area (Å²) in [6.45, 7) is 9.47. The molecule has 0 saturated carbocycles. The standard InChI is InChI=1S/C24H28FN5O.C2H6/c1-16-6-8-19(21-10-11-28-29(21)3)20(13-16)24(31)30-12-4-5-17(2)22(30)15-27-23-9-7-18(25)14-26-23;1-2/h6-11,13-14,17,22H,4-5,12,15H2,1-3H3,(H,26,27);1-2H3/t17-,22-;/m1./s1. The fraction of sp³-hybridized carbons (Fsp3) is 0.423. The molecule has 6 nitrogen and oxygen atoms in total. The van der Waals surface area contributed by atoms with E-state index < -0.39 is 0 Å². The second-order valence-electron chi connectivity index (χ2n) is 8.32. The summed E-state index contributed by atoms with van der Waals surface area (Å²) in [6, 6.07) is 11.0. The van der Waals surface area contributed by atoms with E-state index in [1.165, 1.54) is 12.3 Å². The second-order valence-corrected chi connectivity index (χ2v) is 8.32. The fourth-order valence-electron chi connectivity index (χ4n) is 4.35. The first-order valence-corrected chi connectivity index (χ1v) is 11.7. The maximum Gasteiger partial charge on any atom is 0.254 e. The molecule has 7 heteroatoms. The lowest BCUT2D eigenvalue weighted by Crippen LogP contribution is -2.51.